The summed E-state index contributed by atoms with van der Waals surface area (Å²) in [6, 6.07) is 2.47. The fourth-order valence-corrected chi connectivity index (χ4v) is 2.70. The van der Waals surface area contributed by atoms with Gasteiger partial charge in [0.25, 0.3) is 11.2 Å². The van der Waals surface area contributed by atoms with Gasteiger partial charge < -0.3 is 9.30 Å². The van der Waals surface area contributed by atoms with Crippen LogP contribution in [-0.2, 0) is 11.3 Å². The summed E-state index contributed by atoms with van der Waals surface area (Å²) in [6.45, 7) is 1.73. The van der Waals surface area contributed by atoms with Crippen LogP contribution in [0.1, 0.15) is 12.8 Å². The molecule has 1 aliphatic rings. The van der Waals surface area contributed by atoms with E-state index in [1.807, 2.05) is 0 Å². The molecule has 0 spiro atoms. The number of hydrogen-bond donors (Lipinski definition) is 1. The van der Waals surface area contributed by atoms with Crippen molar-refractivity contribution in [2.45, 2.75) is 19.4 Å². The van der Waals surface area contributed by atoms with Gasteiger partial charge in [-0.1, -0.05) is 0 Å². The van der Waals surface area contributed by atoms with Crippen molar-refractivity contribution >= 4 is 18.3 Å². The van der Waals surface area contributed by atoms with E-state index in [1.54, 1.807) is 0 Å². The second-order valence-electron chi connectivity index (χ2n) is 4.88. The highest BCUT2D eigenvalue weighted by Gasteiger charge is 2.32. The molecule has 0 unspecified atom stereocenters. The van der Waals surface area contributed by atoms with Crippen molar-refractivity contribution in [1.29, 1.82) is 0 Å². The monoisotopic (exact) mass is 284 g/mol. The molecule has 0 saturated carbocycles. The normalized spacial score (nSPS) is 18.2. The molecule has 1 fully saturated rings. The molecule has 2 rings (SSSR count). The van der Waals surface area contributed by atoms with Gasteiger partial charge in [-0.2, -0.15) is 12.6 Å². The molecule has 0 aliphatic carbocycles. The van der Waals surface area contributed by atoms with E-state index in [-0.39, 0.29) is 16.7 Å². The molecule has 0 aromatic carbocycles. The Bertz CT molecular complexity index is 523. The Morgan fingerprint density at radius 3 is 2.68 bits per heavy atom. The third-order valence-electron chi connectivity index (χ3n) is 3.57. The van der Waals surface area contributed by atoms with Crippen molar-refractivity contribution in [3.8, 4) is 0 Å². The molecular weight excluding hydrogens is 268 g/mol. The van der Waals surface area contributed by atoms with Crippen LogP contribution in [-0.4, -0.2) is 28.5 Å². The zero-order chi connectivity index (χ0) is 13.9. The van der Waals surface area contributed by atoms with Gasteiger partial charge >= 0.3 is 0 Å². The van der Waals surface area contributed by atoms with Crippen molar-refractivity contribution < 1.29 is 9.66 Å². The first-order valence-corrected chi connectivity index (χ1v) is 6.73. The Kier molecular flexibility index (Phi) is 4.26. The Morgan fingerprint density at radius 1 is 1.42 bits per heavy atom. The van der Waals surface area contributed by atoms with Crippen molar-refractivity contribution in [1.82, 2.24) is 4.57 Å². The zero-order valence-corrected chi connectivity index (χ0v) is 11.3. The highest BCUT2D eigenvalue weighted by atomic mass is 32.1. The van der Waals surface area contributed by atoms with E-state index in [9.17, 15) is 14.9 Å². The van der Waals surface area contributed by atoms with Gasteiger partial charge in [-0.25, -0.2) is 0 Å². The summed E-state index contributed by atoms with van der Waals surface area (Å²) in [4.78, 5) is 22.1. The number of thiol groups is 1. The molecule has 104 valence electrons. The Labute approximate surface area is 115 Å². The lowest BCUT2D eigenvalue weighted by molar-refractivity contribution is -0.385. The van der Waals surface area contributed by atoms with E-state index in [0.717, 1.165) is 12.8 Å². The van der Waals surface area contributed by atoms with Gasteiger partial charge in [0.1, 0.15) is 0 Å². The summed E-state index contributed by atoms with van der Waals surface area (Å²) in [5, 5.41) is 10.8. The average molecular weight is 284 g/mol. The summed E-state index contributed by atoms with van der Waals surface area (Å²) >= 11 is 4.38. The third kappa shape index (κ3) is 3.16. The van der Waals surface area contributed by atoms with Crippen LogP contribution in [0.5, 0.6) is 0 Å². The summed E-state index contributed by atoms with van der Waals surface area (Å²) in [5.74, 6) is 0.630. The van der Waals surface area contributed by atoms with Crippen molar-refractivity contribution in [3.05, 3.63) is 38.8 Å². The molecule has 0 bridgehead atoms. The van der Waals surface area contributed by atoms with E-state index in [0.29, 0.717) is 25.5 Å². The second kappa shape index (κ2) is 5.75. The minimum atomic E-state index is -0.493. The molecule has 0 radical (unpaired) electrons. The molecule has 0 atom stereocenters. The zero-order valence-electron chi connectivity index (χ0n) is 10.4. The lowest BCUT2D eigenvalue weighted by Crippen LogP contribution is -2.38. The van der Waals surface area contributed by atoms with Gasteiger partial charge in [-0.05, 0) is 18.6 Å². The van der Waals surface area contributed by atoms with Crippen molar-refractivity contribution in [3.63, 3.8) is 0 Å². The Morgan fingerprint density at radius 2 is 2.11 bits per heavy atom. The maximum atomic E-state index is 11.8. The first kappa shape index (κ1) is 14.1. The van der Waals surface area contributed by atoms with Crippen LogP contribution in [0.15, 0.2) is 23.1 Å². The van der Waals surface area contributed by atoms with Crippen LogP contribution in [0.3, 0.4) is 0 Å². The second-order valence-corrected chi connectivity index (χ2v) is 5.20. The standard InChI is InChI=1S/C12H16N2O4S/c15-11-2-1-10(14(16)17)7-13(11)8-12(9-19)3-5-18-6-4-12/h1-2,7,19H,3-6,8-9H2. The number of hydrogen-bond acceptors (Lipinski definition) is 5. The van der Waals surface area contributed by atoms with E-state index in [2.05, 4.69) is 12.6 Å². The Hall–Kier alpha value is -1.34. The van der Waals surface area contributed by atoms with E-state index >= 15 is 0 Å². The van der Waals surface area contributed by atoms with Gasteiger partial charge in [0, 0.05) is 37.3 Å². The number of nitrogens with zero attached hydrogens (tertiary/aromatic N) is 2. The summed E-state index contributed by atoms with van der Waals surface area (Å²) in [6.07, 6.45) is 2.93. The smallest absolute Gasteiger partial charge is 0.285 e. The molecule has 0 amide bonds. The molecule has 1 saturated heterocycles. The van der Waals surface area contributed by atoms with Crippen LogP contribution in [0.25, 0.3) is 0 Å². The van der Waals surface area contributed by atoms with Gasteiger partial charge in [0.2, 0.25) is 0 Å². The first-order chi connectivity index (χ1) is 9.06. The third-order valence-corrected chi connectivity index (χ3v) is 4.24. The maximum Gasteiger partial charge on any atom is 0.285 e. The molecule has 1 aliphatic heterocycles. The van der Waals surface area contributed by atoms with Gasteiger partial charge in [-0.15, -0.1) is 0 Å². The van der Waals surface area contributed by atoms with E-state index in [1.165, 1.54) is 22.9 Å². The topological polar surface area (TPSA) is 74.4 Å². The summed E-state index contributed by atoms with van der Waals surface area (Å²) in [7, 11) is 0. The van der Waals surface area contributed by atoms with Crippen molar-refractivity contribution in [2.24, 2.45) is 5.41 Å². The number of nitro groups is 1. The number of pyridine rings is 1. The minimum Gasteiger partial charge on any atom is -0.381 e. The Balaban J connectivity index is 2.28. The highest BCUT2D eigenvalue weighted by molar-refractivity contribution is 7.80. The molecule has 19 heavy (non-hydrogen) atoms. The molecule has 0 N–H and O–H groups in total. The van der Waals surface area contributed by atoms with Crippen LogP contribution in [0.2, 0.25) is 0 Å². The SMILES string of the molecule is O=c1ccc([N+](=O)[O-])cn1CC1(CS)CCOCC1. The van der Waals surface area contributed by atoms with Gasteiger partial charge in [-0.3, -0.25) is 14.9 Å². The largest absolute Gasteiger partial charge is 0.381 e. The number of aromatic nitrogens is 1. The van der Waals surface area contributed by atoms with Gasteiger partial charge in [0.15, 0.2) is 0 Å². The van der Waals surface area contributed by atoms with Crippen LogP contribution < -0.4 is 5.56 Å². The molecule has 7 heteroatoms. The van der Waals surface area contributed by atoms with E-state index < -0.39 is 4.92 Å². The predicted octanol–water partition coefficient (Wildman–Crippen LogP) is 1.48. The highest BCUT2D eigenvalue weighted by Crippen LogP contribution is 2.33. The average Bonchev–Trinajstić information content (AvgIpc) is 2.42. The summed E-state index contributed by atoms with van der Waals surface area (Å²) < 4.78 is 6.74. The lowest BCUT2D eigenvalue weighted by Gasteiger charge is -2.36. The maximum absolute atomic E-state index is 11.8. The van der Waals surface area contributed by atoms with Crippen LogP contribution in [0.4, 0.5) is 5.69 Å². The lowest BCUT2D eigenvalue weighted by atomic mass is 9.82. The number of rotatable bonds is 4. The molecule has 1 aromatic heterocycles. The van der Waals surface area contributed by atoms with Gasteiger partial charge in [0.05, 0.1) is 11.1 Å². The molecular formula is C12H16N2O4S. The fraction of sp³-hybridized carbons (Fsp3) is 0.583. The minimum absolute atomic E-state index is 0.0685. The van der Waals surface area contributed by atoms with Crippen LogP contribution in [0, 0.1) is 15.5 Å². The first-order valence-electron chi connectivity index (χ1n) is 6.10. The molecule has 1 aromatic rings. The van der Waals surface area contributed by atoms with Crippen LogP contribution >= 0.6 is 12.6 Å². The quantitative estimate of drug-likeness (QED) is 0.516. The summed E-state index contributed by atoms with van der Waals surface area (Å²) in [5.41, 5.74) is -0.417. The molecule has 2 heterocycles. The fourth-order valence-electron chi connectivity index (χ4n) is 2.28. The van der Waals surface area contributed by atoms with Crippen molar-refractivity contribution in [2.75, 3.05) is 19.0 Å². The predicted molar refractivity (Wildman–Crippen MR) is 73.7 cm³/mol. The van der Waals surface area contributed by atoms with E-state index in [4.69, 9.17) is 4.74 Å². The number of ether oxygens (including phenoxy) is 1. The molecule has 6 nitrogen and oxygen atoms in total.